The van der Waals surface area contributed by atoms with Gasteiger partial charge in [0.2, 0.25) is 0 Å². The number of carbonyl (C=O) groups is 1. The number of piperidine rings is 1. The predicted molar refractivity (Wildman–Crippen MR) is 183 cm³/mol. The Morgan fingerprint density at radius 2 is 1.72 bits per heavy atom. The second-order valence-electron chi connectivity index (χ2n) is 16.8. The number of hydrogen-bond donors (Lipinski definition) is 1. The number of aliphatic hydroxyl groups excluding tert-OH is 1. The van der Waals surface area contributed by atoms with Crippen molar-refractivity contribution < 1.29 is 33.6 Å². The third-order valence-electron chi connectivity index (χ3n) is 11.6. The lowest BCUT2D eigenvalue weighted by Crippen LogP contribution is -2.58. The van der Waals surface area contributed by atoms with Gasteiger partial charge in [0.1, 0.15) is 12.7 Å². The van der Waals surface area contributed by atoms with Gasteiger partial charge in [0.15, 0.2) is 6.29 Å². The minimum atomic E-state index is -0.749. The SMILES string of the molecule is CO[C@]1(C)C[C@@H](C)CN(C)[C@@H](C2CCN(C[C@@H]3COC(=O)N3C)CC2)COCC(C)(C)C[C@@H](C)[C@H]1O[C@@H]1O[C@H](C)C[C@H](N(C)C)[C@H]1O. The number of amides is 1. The molecule has 11 nitrogen and oxygen atoms in total. The summed E-state index contributed by atoms with van der Waals surface area (Å²) < 4.78 is 31.4. The number of ether oxygens (including phenoxy) is 5. The van der Waals surface area contributed by atoms with Crippen LogP contribution in [0.2, 0.25) is 0 Å². The fourth-order valence-corrected chi connectivity index (χ4v) is 9.02. The number of methoxy groups -OCH3 is 1. The van der Waals surface area contributed by atoms with E-state index in [2.05, 4.69) is 63.3 Å². The Hall–Kier alpha value is -1.05. The van der Waals surface area contributed by atoms with E-state index in [4.69, 9.17) is 23.7 Å². The molecule has 4 aliphatic heterocycles. The van der Waals surface area contributed by atoms with Gasteiger partial charge in [0.25, 0.3) is 0 Å². The number of carbonyl (C=O) groups excluding carboxylic acids is 1. The first kappa shape index (κ1) is 38.7. The van der Waals surface area contributed by atoms with E-state index >= 15 is 0 Å². The maximum Gasteiger partial charge on any atom is 0.409 e. The molecule has 0 saturated carbocycles. The Morgan fingerprint density at radius 3 is 2.32 bits per heavy atom. The Kier molecular flexibility index (Phi) is 13.5. The van der Waals surface area contributed by atoms with E-state index in [1.807, 2.05) is 21.1 Å². The van der Waals surface area contributed by atoms with Crippen molar-refractivity contribution in [2.75, 3.05) is 81.3 Å². The summed E-state index contributed by atoms with van der Waals surface area (Å²) >= 11 is 0. The smallest absolute Gasteiger partial charge is 0.409 e. The summed E-state index contributed by atoms with van der Waals surface area (Å²) in [5.74, 6) is 1.01. The van der Waals surface area contributed by atoms with Crippen LogP contribution in [0.3, 0.4) is 0 Å². The lowest BCUT2D eigenvalue weighted by atomic mass is 9.75. The molecule has 4 aliphatic rings. The van der Waals surface area contributed by atoms with Gasteiger partial charge in [0.05, 0.1) is 37.1 Å². The van der Waals surface area contributed by atoms with E-state index in [1.165, 1.54) is 0 Å². The summed E-state index contributed by atoms with van der Waals surface area (Å²) in [7, 11) is 9.92. The van der Waals surface area contributed by atoms with Gasteiger partial charge in [-0.15, -0.1) is 0 Å². The molecular formula is C36H68N4O7. The average molecular weight is 669 g/mol. The zero-order chi connectivity index (χ0) is 34.7. The second kappa shape index (κ2) is 16.3. The molecule has 0 unspecified atom stereocenters. The highest BCUT2D eigenvalue weighted by molar-refractivity contribution is 5.69. The Labute approximate surface area is 285 Å². The Balaban J connectivity index is 1.48. The fraction of sp³-hybridized carbons (Fsp3) is 0.972. The summed E-state index contributed by atoms with van der Waals surface area (Å²) in [4.78, 5) is 20.7. The summed E-state index contributed by atoms with van der Waals surface area (Å²) in [6.45, 7) is 19.1. The molecule has 4 fully saturated rings. The molecule has 0 bridgehead atoms. The van der Waals surface area contributed by atoms with E-state index in [1.54, 1.807) is 12.0 Å². The molecule has 4 rings (SSSR count). The zero-order valence-corrected chi connectivity index (χ0v) is 31.4. The molecule has 0 aromatic carbocycles. The van der Waals surface area contributed by atoms with Crippen LogP contribution in [-0.2, 0) is 23.7 Å². The molecule has 11 heteroatoms. The summed E-state index contributed by atoms with van der Waals surface area (Å²) in [5, 5.41) is 11.4. The van der Waals surface area contributed by atoms with Gasteiger partial charge in [-0.2, -0.15) is 0 Å². The molecule has 47 heavy (non-hydrogen) atoms. The molecular weight excluding hydrogens is 600 g/mol. The average Bonchev–Trinajstić information content (AvgIpc) is 3.31. The van der Waals surface area contributed by atoms with E-state index in [-0.39, 0.29) is 41.7 Å². The third kappa shape index (κ3) is 9.81. The monoisotopic (exact) mass is 669 g/mol. The van der Waals surface area contributed by atoms with Crippen LogP contribution in [-0.4, -0.2) is 160 Å². The van der Waals surface area contributed by atoms with Gasteiger partial charge in [-0.3, -0.25) is 0 Å². The molecule has 4 heterocycles. The topological polar surface area (TPSA) is 96.4 Å². The van der Waals surface area contributed by atoms with Gasteiger partial charge in [-0.1, -0.05) is 27.7 Å². The number of hydrogen-bond acceptors (Lipinski definition) is 10. The van der Waals surface area contributed by atoms with Crippen LogP contribution in [0.1, 0.15) is 73.6 Å². The molecule has 1 amide bonds. The fourth-order valence-electron chi connectivity index (χ4n) is 9.02. The molecule has 1 N–H and O–H groups in total. The number of nitrogens with zero attached hydrogens (tertiary/aromatic N) is 4. The number of cyclic esters (lactones) is 1. The number of aliphatic hydroxyl groups is 1. The van der Waals surface area contributed by atoms with Crippen molar-refractivity contribution in [3.8, 4) is 0 Å². The van der Waals surface area contributed by atoms with Crippen LogP contribution in [0.4, 0.5) is 4.79 Å². The van der Waals surface area contributed by atoms with Gasteiger partial charge in [0, 0.05) is 39.3 Å². The highest BCUT2D eigenvalue weighted by Gasteiger charge is 2.47. The zero-order valence-electron chi connectivity index (χ0n) is 31.4. The van der Waals surface area contributed by atoms with Gasteiger partial charge < -0.3 is 48.4 Å². The summed E-state index contributed by atoms with van der Waals surface area (Å²) in [5.41, 5.74) is -0.665. The normalized spacial score (nSPS) is 40.9. The van der Waals surface area contributed by atoms with Crippen LogP contribution in [0.15, 0.2) is 0 Å². The standard InChI is InChI=1S/C36H68N4O7/c1-24-17-36(6,43-11)32(47-33-31(41)29(37(7)8)16-26(3)46-33)25(2)18-35(4,5)23-44-22-30(38(9)19-24)27-12-14-40(15-13-27)20-28-21-45-34(42)39(28)10/h24-33,41H,12-23H2,1-11H3/t24-,25-,26-,28-,29+,30-,31-,32-,33+,36-/m1/s1. The predicted octanol–water partition coefficient (Wildman–Crippen LogP) is 3.77. The van der Waals surface area contributed by atoms with Gasteiger partial charge in [-0.25, -0.2) is 4.79 Å². The highest BCUT2D eigenvalue weighted by atomic mass is 16.7. The summed E-state index contributed by atoms with van der Waals surface area (Å²) in [6, 6.07) is 0.421. The van der Waals surface area contributed by atoms with Crippen LogP contribution in [0.25, 0.3) is 0 Å². The van der Waals surface area contributed by atoms with Gasteiger partial charge in [-0.05, 0) is 103 Å². The van der Waals surface area contributed by atoms with E-state index in [9.17, 15) is 9.90 Å². The van der Waals surface area contributed by atoms with Crippen molar-refractivity contribution in [3.05, 3.63) is 0 Å². The van der Waals surface area contributed by atoms with Crippen molar-refractivity contribution >= 4 is 6.09 Å². The van der Waals surface area contributed by atoms with Crippen LogP contribution in [0.5, 0.6) is 0 Å². The molecule has 0 aliphatic carbocycles. The number of likely N-dealkylation sites (N-methyl/N-ethyl adjacent to an activating group) is 3. The molecule has 0 aromatic rings. The first-order valence-corrected chi connectivity index (χ1v) is 18.1. The molecule has 0 spiro atoms. The largest absolute Gasteiger partial charge is 0.447 e. The molecule has 0 aromatic heterocycles. The van der Waals surface area contributed by atoms with E-state index < -0.39 is 18.0 Å². The van der Waals surface area contributed by atoms with Gasteiger partial charge >= 0.3 is 6.09 Å². The highest BCUT2D eigenvalue weighted by Crippen LogP contribution is 2.40. The first-order valence-electron chi connectivity index (χ1n) is 18.1. The minimum Gasteiger partial charge on any atom is -0.447 e. The number of likely N-dealkylation sites (tertiary alicyclic amines) is 1. The second-order valence-corrected chi connectivity index (χ2v) is 16.8. The van der Waals surface area contributed by atoms with Crippen molar-refractivity contribution in [1.82, 2.24) is 19.6 Å². The van der Waals surface area contributed by atoms with Crippen molar-refractivity contribution in [2.45, 2.75) is 122 Å². The Bertz CT molecular complexity index is 994. The molecule has 10 atom stereocenters. The first-order chi connectivity index (χ1) is 22.0. The van der Waals surface area contributed by atoms with Crippen molar-refractivity contribution in [2.24, 2.45) is 23.2 Å². The number of rotatable bonds is 7. The Morgan fingerprint density at radius 1 is 1.04 bits per heavy atom. The third-order valence-corrected chi connectivity index (χ3v) is 11.6. The maximum absolute atomic E-state index is 11.9. The van der Waals surface area contributed by atoms with Crippen molar-refractivity contribution in [1.29, 1.82) is 0 Å². The minimum absolute atomic E-state index is 0.0156. The molecule has 274 valence electrons. The summed E-state index contributed by atoms with van der Waals surface area (Å²) in [6.07, 6.45) is 2.71. The quantitative estimate of drug-likeness (QED) is 0.432. The van der Waals surface area contributed by atoms with Crippen LogP contribution >= 0.6 is 0 Å². The maximum atomic E-state index is 11.9. The van der Waals surface area contributed by atoms with Crippen molar-refractivity contribution in [3.63, 3.8) is 0 Å². The van der Waals surface area contributed by atoms with E-state index in [0.29, 0.717) is 37.7 Å². The molecule has 4 saturated heterocycles. The molecule has 0 radical (unpaired) electrons. The lowest BCUT2D eigenvalue weighted by Gasteiger charge is -2.47. The van der Waals surface area contributed by atoms with E-state index in [0.717, 1.165) is 58.3 Å². The van der Waals surface area contributed by atoms with Crippen LogP contribution < -0.4 is 0 Å². The van der Waals surface area contributed by atoms with Crippen LogP contribution in [0, 0.1) is 23.2 Å². The lowest BCUT2D eigenvalue weighted by molar-refractivity contribution is -0.298.